The summed E-state index contributed by atoms with van der Waals surface area (Å²) in [5.41, 5.74) is 0.586. The number of pyridine rings is 1. The van der Waals surface area contributed by atoms with Crippen molar-refractivity contribution in [3.05, 3.63) is 66.0 Å². The number of fused-ring (bicyclic) bond motifs is 1. The van der Waals surface area contributed by atoms with Crippen LogP contribution in [0.5, 0.6) is 0 Å². The zero-order valence-corrected chi connectivity index (χ0v) is 11.9. The summed E-state index contributed by atoms with van der Waals surface area (Å²) in [4.78, 5) is 12.6. The summed E-state index contributed by atoms with van der Waals surface area (Å²) in [7, 11) is 0. The first-order valence-corrected chi connectivity index (χ1v) is 7.02. The van der Waals surface area contributed by atoms with Gasteiger partial charge in [-0.1, -0.05) is 30.3 Å². The molecule has 0 spiro atoms. The number of Topliss-reactive ketones (excluding diaryl/α,β-unsaturated/α-hetero) is 1. The van der Waals surface area contributed by atoms with Crippen LogP contribution in [-0.2, 0) is 0 Å². The predicted molar refractivity (Wildman–Crippen MR) is 73.5 cm³/mol. The zero-order valence-electron chi connectivity index (χ0n) is 11.9. The van der Waals surface area contributed by atoms with Gasteiger partial charge < -0.3 is 5.21 Å². The van der Waals surface area contributed by atoms with Crippen molar-refractivity contribution in [2.24, 2.45) is 0 Å². The average molecular weight is 323 g/mol. The first-order valence-electron chi connectivity index (χ1n) is 7.02. The minimum Gasteiger partial charge on any atom is -0.307 e. The average Bonchev–Trinajstić information content (AvgIpc) is 2.52. The molecule has 120 valence electrons. The Labute approximate surface area is 130 Å². The van der Waals surface area contributed by atoms with Gasteiger partial charge in [-0.15, -0.1) is 5.06 Å². The van der Waals surface area contributed by atoms with Crippen LogP contribution in [0.3, 0.4) is 0 Å². The summed E-state index contributed by atoms with van der Waals surface area (Å²) in [5, 5.41) is 10.9. The van der Waals surface area contributed by atoms with Crippen LogP contribution in [0, 0.1) is 0 Å². The number of hydroxylamine groups is 2. The summed E-state index contributed by atoms with van der Waals surface area (Å²) in [6, 6.07) is 11.7. The molecule has 1 aliphatic rings. The van der Waals surface area contributed by atoms with Crippen molar-refractivity contribution in [1.29, 1.82) is 0 Å². The fourth-order valence-corrected chi connectivity index (χ4v) is 2.82. The molecule has 0 aliphatic carbocycles. The van der Waals surface area contributed by atoms with Crippen LogP contribution in [0.25, 0.3) is 0 Å². The van der Waals surface area contributed by atoms with Crippen LogP contribution in [0.4, 0.5) is 13.2 Å². The molecule has 3 rings (SSSR count). The molecule has 1 aliphatic heterocycles. The number of rotatable bonds is 2. The van der Waals surface area contributed by atoms with Gasteiger partial charge >= 0.3 is 6.18 Å². The van der Waals surface area contributed by atoms with Crippen molar-refractivity contribution in [3.8, 4) is 0 Å². The van der Waals surface area contributed by atoms with Crippen molar-refractivity contribution in [2.75, 3.05) is 0 Å². The number of ketones is 1. The van der Waals surface area contributed by atoms with Crippen LogP contribution in [0.2, 0.25) is 0 Å². The van der Waals surface area contributed by atoms with E-state index >= 15 is 0 Å². The lowest BCUT2D eigenvalue weighted by atomic mass is 9.96. The molecule has 2 unspecified atom stereocenters. The van der Waals surface area contributed by atoms with Gasteiger partial charge in [0.15, 0.2) is 6.20 Å². The Kier molecular flexibility index (Phi) is 3.91. The second-order valence-electron chi connectivity index (χ2n) is 5.35. The second kappa shape index (κ2) is 5.75. The summed E-state index contributed by atoms with van der Waals surface area (Å²) in [6.45, 7) is 0. The minimum atomic E-state index is -4.48. The van der Waals surface area contributed by atoms with E-state index in [-0.39, 0.29) is 5.69 Å². The monoisotopic (exact) mass is 323 g/mol. The molecule has 4 nitrogen and oxygen atoms in total. The Morgan fingerprint density at radius 3 is 2.39 bits per heavy atom. The summed E-state index contributed by atoms with van der Waals surface area (Å²) in [5.74, 6) is -0.447. The number of hydrogen-bond acceptors (Lipinski definition) is 3. The maximum atomic E-state index is 12.9. The number of nitrogens with zero attached hydrogens (tertiary/aromatic N) is 2. The number of carbonyl (C=O) groups excluding carboxylic acids is 1. The highest BCUT2D eigenvalue weighted by molar-refractivity contribution is 5.98. The maximum absolute atomic E-state index is 12.9. The summed E-state index contributed by atoms with van der Waals surface area (Å²) in [6.07, 6.45) is -5.77. The number of benzene rings is 1. The van der Waals surface area contributed by atoms with Gasteiger partial charge in [-0.05, 0) is 11.6 Å². The highest BCUT2D eigenvalue weighted by Crippen LogP contribution is 2.35. The molecular formula is C16H14F3N2O2+. The molecule has 23 heavy (non-hydrogen) atoms. The fraction of sp³-hybridized carbons (Fsp3) is 0.250. The number of hydrogen-bond donors (Lipinski definition) is 1. The molecule has 1 aromatic heterocycles. The molecule has 0 radical (unpaired) electrons. The van der Waals surface area contributed by atoms with Crippen LogP contribution < -0.4 is 4.57 Å². The van der Waals surface area contributed by atoms with Gasteiger partial charge in [-0.3, -0.25) is 4.79 Å². The van der Waals surface area contributed by atoms with Gasteiger partial charge in [0.25, 0.3) is 11.5 Å². The Morgan fingerprint density at radius 2 is 1.74 bits per heavy atom. The quantitative estimate of drug-likeness (QED) is 0.864. The molecule has 2 atom stereocenters. The molecule has 0 amide bonds. The highest BCUT2D eigenvalue weighted by Gasteiger charge is 2.50. The lowest BCUT2D eigenvalue weighted by Crippen LogP contribution is -2.60. The lowest BCUT2D eigenvalue weighted by molar-refractivity contribution is -0.768. The maximum Gasteiger partial charge on any atom is 0.396 e. The van der Waals surface area contributed by atoms with Crippen LogP contribution in [-0.4, -0.2) is 22.2 Å². The molecule has 2 heterocycles. The predicted octanol–water partition coefficient (Wildman–Crippen LogP) is 3.05. The van der Waals surface area contributed by atoms with E-state index in [1.165, 1.54) is 18.3 Å². The Morgan fingerprint density at radius 1 is 1.09 bits per heavy atom. The fourth-order valence-electron chi connectivity index (χ4n) is 2.82. The molecular weight excluding hydrogens is 309 g/mol. The first-order chi connectivity index (χ1) is 10.9. The normalized spacial score (nSPS) is 22.0. The van der Waals surface area contributed by atoms with E-state index in [0.29, 0.717) is 10.6 Å². The van der Waals surface area contributed by atoms with E-state index in [4.69, 9.17) is 0 Å². The van der Waals surface area contributed by atoms with Crippen molar-refractivity contribution in [3.63, 3.8) is 0 Å². The SMILES string of the molecule is O=C1c2cccc[n+]2C(CC(F)(F)F)N(O)C1c1ccccc1. The van der Waals surface area contributed by atoms with Crippen molar-refractivity contribution >= 4 is 5.78 Å². The molecule has 1 aromatic carbocycles. The molecule has 0 bridgehead atoms. The molecule has 1 N–H and O–H groups in total. The smallest absolute Gasteiger partial charge is 0.307 e. The third-order valence-corrected chi connectivity index (χ3v) is 3.81. The van der Waals surface area contributed by atoms with E-state index in [2.05, 4.69) is 0 Å². The standard InChI is InChI=1S/C16H14F3N2O2/c17-16(18,19)10-13-20-9-5-4-8-12(20)15(22)14(21(13)23)11-6-2-1-3-7-11/h1-9,13-14,23H,10H2/q+1. The van der Waals surface area contributed by atoms with E-state index in [0.717, 1.165) is 4.57 Å². The zero-order chi connectivity index (χ0) is 16.6. The van der Waals surface area contributed by atoms with E-state index < -0.39 is 30.6 Å². The van der Waals surface area contributed by atoms with Gasteiger partial charge in [0.05, 0.1) is 0 Å². The second-order valence-corrected chi connectivity index (χ2v) is 5.35. The van der Waals surface area contributed by atoms with Crippen molar-refractivity contribution in [2.45, 2.75) is 24.8 Å². The Bertz CT molecular complexity index is 719. The van der Waals surface area contributed by atoms with Crippen LogP contribution in [0.1, 0.15) is 34.7 Å². The number of halogens is 3. The molecule has 7 heteroatoms. The first kappa shape index (κ1) is 15.6. The van der Waals surface area contributed by atoms with E-state index in [9.17, 15) is 23.2 Å². The largest absolute Gasteiger partial charge is 0.396 e. The number of aromatic nitrogens is 1. The number of carbonyl (C=O) groups is 1. The summed E-state index contributed by atoms with van der Waals surface area (Å²) < 4.78 is 39.9. The lowest BCUT2D eigenvalue weighted by Gasteiger charge is -2.33. The Hall–Kier alpha value is -2.25. The number of alkyl halides is 3. The summed E-state index contributed by atoms with van der Waals surface area (Å²) >= 11 is 0. The third-order valence-electron chi connectivity index (χ3n) is 3.81. The van der Waals surface area contributed by atoms with Crippen molar-refractivity contribution < 1.29 is 27.7 Å². The molecule has 0 saturated heterocycles. The van der Waals surface area contributed by atoms with Crippen LogP contribution >= 0.6 is 0 Å². The van der Waals surface area contributed by atoms with E-state index in [1.807, 2.05) is 0 Å². The Balaban J connectivity index is 2.10. The van der Waals surface area contributed by atoms with Crippen molar-refractivity contribution in [1.82, 2.24) is 5.06 Å². The minimum absolute atomic E-state index is 0.140. The molecule has 2 aromatic rings. The third kappa shape index (κ3) is 2.97. The van der Waals surface area contributed by atoms with Gasteiger partial charge in [0.2, 0.25) is 6.17 Å². The van der Waals surface area contributed by atoms with Gasteiger partial charge in [-0.2, -0.15) is 17.7 Å². The van der Waals surface area contributed by atoms with Gasteiger partial charge in [0, 0.05) is 12.1 Å². The molecule has 0 saturated carbocycles. The van der Waals surface area contributed by atoms with E-state index in [1.54, 1.807) is 36.4 Å². The van der Waals surface area contributed by atoms with Gasteiger partial charge in [0.1, 0.15) is 12.5 Å². The topological polar surface area (TPSA) is 44.4 Å². The highest BCUT2D eigenvalue weighted by atomic mass is 19.4. The van der Waals surface area contributed by atoms with Crippen LogP contribution in [0.15, 0.2) is 54.7 Å². The van der Waals surface area contributed by atoms with Gasteiger partial charge in [-0.25, -0.2) is 0 Å². The molecule has 0 fully saturated rings.